The van der Waals surface area contributed by atoms with Crippen LogP contribution >= 0.6 is 31.9 Å². The Morgan fingerprint density at radius 2 is 2.10 bits per heavy atom. The fourth-order valence-electron chi connectivity index (χ4n) is 2.02. The van der Waals surface area contributed by atoms with Gasteiger partial charge in [0, 0.05) is 39.1 Å². The second-order valence-electron chi connectivity index (χ2n) is 4.28. The molecule has 0 saturated heterocycles. The van der Waals surface area contributed by atoms with Gasteiger partial charge in [0.25, 0.3) is 5.91 Å². The van der Waals surface area contributed by atoms with Crippen LogP contribution in [0, 0.1) is 0 Å². The first-order chi connectivity index (χ1) is 9.58. The average Bonchev–Trinajstić information content (AvgIpc) is 2.81. The van der Waals surface area contributed by atoms with Crippen molar-refractivity contribution in [1.29, 1.82) is 0 Å². The Hall–Kier alpha value is -1.11. The number of fused-ring (bicyclic) bond motifs is 1. The van der Waals surface area contributed by atoms with Gasteiger partial charge in [0.1, 0.15) is 0 Å². The molecule has 0 saturated carbocycles. The highest BCUT2D eigenvalue weighted by molar-refractivity contribution is 9.13. The number of hydrogen-bond acceptors (Lipinski definition) is 2. The zero-order valence-corrected chi connectivity index (χ0v) is 13.9. The highest BCUT2D eigenvalue weighted by Crippen LogP contribution is 2.30. The molecule has 0 aliphatic rings. The van der Waals surface area contributed by atoms with Crippen molar-refractivity contribution in [3.8, 4) is 0 Å². The van der Waals surface area contributed by atoms with E-state index < -0.39 is 0 Å². The summed E-state index contributed by atoms with van der Waals surface area (Å²) < 4.78 is 1.81. The third kappa shape index (κ3) is 2.97. The lowest BCUT2D eigenvalue weighted by atomic mass is 10.1. The summed E-state index contributed by atoms with van der Waals surface area (Å²) in [7, 11) is 0. The molecule has 2 rings (SSSR count). The average molecular weight is 402 g/mol. The van der Waals surface area contributed by atoms with Crippen molar-refractivity contribution in [2.45, 2.75) is 0 Å². The Bertz CT molecular complexity index is 652. The largest absolute Gasteiger partial charge is 0.395 e. The zero-order chi connectivity index (χ0) is 14.7. The van der Waals surface area contributed by atoms with Crippen molar-refractivity contribution in [1.82, 2.24) is 9.88 Å². The molecule has 0 bridgehead atoms. The number of aliphatic hydroxyl groups excluding tert-OH is 1. The number of amides is 1. The van der Waals surface area contributed by atoms with Crippen LogP contribution in [0.3, 0.4) is 0 Å². The van der Waals surface area contributed by atoms with Gasteiger partial charge in [0.05, 0.1) is 12.2 Å². The maximum absolute atomic E-state index is 12.5. The number of rotatable bonds is 5. The van der Waals surface area contributed by atoms with Crippen LogP contribution in [-0.2, 0) is 0 Å². The molecule has 0 spiro atoms. The SMILES string of the molecule is C=CCN(CCO)C(=O)c1c[nH]c2cc(Br)c(Br)cc12. The summed E-state index contributed by atoms with van der Waals surface area (Å²) in [5.41, 5.74) is 1.47. The number of benzene rings is 1. The summed E-state index contributed by atoms with van der Waals surface area (Å²) in [5.74, 6) is -0.126. The van der Waals surface area contributed by atoms with E-state index in [2.05, 4.69) is 43.4 Å². The van der Waals surface area contributed by atoms with Crippen LogP contribution in [0.2, 0.25) is 0 Å². The Morgan fingerprint density at radius 3 is 2.75 bits per heavy atom. The van der Waals surface area contributed by atoms with Gasteiger partial charge in [-0.1, -0.05) is 6.08 Å². The molecular formula is C14H14Br2N2O2. The highest BCUT2D eigenvalue weighted by atomic mass is 79.9. The maximum Gasteiger partial charge on any atom is 0.256 e. The molecule has 0 unspecified atom stereocenters. The van der Waals surface area contributed by atoms with Gasteiger partial charge in [0.2, 0.25) is 0 Å². The van der Waals surface area contributed by atoms with Gasteiger partial charge in [-0.2, -0.15) is 0 Å². The standard InChI is InChI=1S/C14H14Br2N2O2/c1-2-3-18(4-5-19)14(20)10-8-17-13-7-12(16)11(15)6-9(10)13/h2,6-8,17,19H,1,3-5H2. The summed E-state index contributed by atoms with van der Waals surface area (Å²) in [6, 6.07) is 3.81. The predicted molar refractivity (Wildman–Crippen MR) is 86.9 cm³/mol. The first-order valence-electron chi connectivity index (χ1n) is 6.05. The molecule has 0 fully saturated rings. The van der Waals surface area contributed by atoms with Crippen LogP contribution in [0.1, 0.15) is 10.4 Å². The summed E-state index contributed by atoms with van der Waals surface area (Å²) in [4.78, 5) is 17.2. The highest BCUT2D eigenvalue weighted by Gasteiger charge is 2.18. The van der Waals surface area contributed by atoms with Gasteiger partial charge in [-0.25, -0.2) is 0 Å². The number of aromatic amines is 1. The normalized spacial score (nSPS) is 10.8. The fourth-order valence-corrected chi connectivity index (χ4v) is 2.70. The summed E-state index contributed by atoms with van der Waals surface area (Å²) >= 11 is 6.87. The van der Waals surface area contributed by atoms with E-state index in [-0.39, 0.29) is 19.1 Å². The quantitative estimate of drug-likeness (QED) is 0.755. The van der Waals surface area contributed by atoms with E-state index in [1.165, 1.54) is 0 Å². The molecule has 1 amide bonds. The van der Waals surface area contributed by atoms with E-state index in [0.717, 1.165) is 19.8 Å². The molecule has 0 radical (unpaired) electrons. The Morgan fingerprint density at radius 1 is 1.40 bits per heavy atom. The third-order valence-corrected chi connectivity index (χ3v) is 4.80. The van der Waals surface area contributed by atoms with Crippen LogP contribution in [0.25, 0.3) is 10.9 Å². The molecule has 20 heavy (non-hydrogen) atoms. The molecule has 2 N–H and O–H groups in total. The third-order valence-electron chi connectivity index (χ3n) is 2.96. The van der Waals surface area contributed by atoms with E-state index in [4.69, 9.17) is 5.11 Å². The second-order valence-corrected chi connectivity index (χ2v) is 5.99. The summed E-state index contributed by atoms with van der Waals surface area (Å²) in [6.45, 7) is 4.26. The maximum atomic E-state index is 12.5. The molecule has 4 nitrogen and oxygen atoms in total. The summed E-state index contributed by atoms with van der Waals surface area (Å²) in [6.07, 6.45) is 3.34. The molecule has 1 heterocycles. The molecule has 1 aromatic carbocycles. The van der Waals surface area contributed by atoms with E-state index >= 15 is 0 Å². The topological polar surface area (TPSA) is 56.3 Å². The molecular weight excluding hydrogens is 388 g/mol. The van der Waals surface area contributed by atoms with E-state index in [1.54, 1.807) is 17.2 Å². The molecule has 1 aromatic heterocycles. The number of aromatic nitrogens is 1. The number of carbonyl (C=O) groups excluding carboxylic acids is 1. The van der Waals surface area contributed by atoms with Crippen molar-refractivity contribution in [3.05, 3.63) is 45.5 Å². The molecule has 6 heteroatoms. The van der Waals surface area contributed by atoms with Gasteiger partial charge < -0.3 is 15.0 Å². The summed E-state index contributed by atoms with van der Waals surface area (Å²) in [5, 5.41) is 9.90. The number of halogens is 2. The molecule has 2 aromatic rings. The number of nitrogens with one attached hydrogen (secondary N) is 1. The van der Waals surface area contributed by atoms with E-state index in [9.17, 15) is 4.79 Å². The van der Waals surface area contributed by atoms with Crippen LogP contribution in [-0.4, -0.2) is 40.6 Å². The van der Waals surface area contributed by atoms with Gasteiger partial charge in [-0.15, -0.1) is 6.58 Å². The van der Waals surface area contributed by atoms with Crippen LogP contribution in [0.15, 0.2) is 39.9 Å². The van der Waals surface area contributed by atoms with Crippen molar-refractivity contribution in [2.75, 3.05) is 19.7 Å². The number of hydrogen-bond donors (Lipinski definition) is 2. The monoisotopic (exact) mass is 400 g/mol. The van der Waals surface area contributed by atoms with Crippen LogP contribution in [0.5, 0.6) is 0 Å². The van der Waals surface area contributed by atoms with Gasteiger partial charge in [0.15, 0.2) is 0 Å². The number of nitrogens with zero attached hydrogens (tertiary/aromatic N) is 1. The minimum absolute atomic E-state index is 0.0722. The fraction of sp³-hybridized carbons (Fsp3) is 0.214. The van der Waals surface area contributed by atoms with Crippen molar-refractivity contribution in [3.63, 3.8) is 0 Å². The second kappa shape index (κ2) is 6.56. The minimum atomic E-state index is -0.126. The van der Waals surface area contributed by atoms with Gasteiger partial charge >= 0.3 is 0 Å². The molecule has 106 valence electrons. The van der Waals surface area contributed by atoms with Crippen molar-refractivity contribution in [2.24, 2.45) is 0 Å². The predicted octanol–water partition coefficient (Wildman–Crippen LogP) is 3.31. The lowest BCUT2D eigenvalue weighted by Gasteiger charge is -2.19. The number of aliphatic hydroxyl groups is 1. The lowest BCUT2D eigenvalue weighted by Crippen LogP contribution is -2.33. The Balaban J connectivity index is 2.43. The Kier molecular flexibility index (Phi) is 5.01. The lowest BCUT2D eigenvalue weighted by molar-refractivity contribution is 0.0745. The van der Waals surface area contributed by atoms with Gasteiger partial charge in [-0.05, 0) is 44.0 Å². The molecule has 0 atom stereocenters. The smallest absolute Gasteiger partial charge is 0.256 e. The molecule has 0 aliphatic heterocycles. The first-order valence-corrected chi connectivity index (χ1v) is 7.64. The van der Waals surface area contributed by atoms with Crippen molar-refractivity contribution < 1.29 is 9.90 Å². The van der Waals surface area contributed by atoms with Crippen molar-refractivity contribution >= 4 is 48.7 Å². The van der Waals surface area contributed by atoms with E-state index in [0.29, 0.717) is 12.1 Å². The number of H-pyrrole nitrogens is 1. The van der Waals surface area contributed by atoms with Crippen LogP contribution in [0.4, 0.5) is 0 Å². The first kappa shape index (κ1) is 15.3. The number of carbonyl (C=O) groups is 1. The minimum Gasteiger partial charge on any atom is -0.395 e. The van der Waals surface area contributed by atoms with Crippen LogP contribution < -0.4 is 0 Å². The Labute approximate surface area is 133 Å². The molecule has 0 aliphatic carbocycles. The zero-order valence-electron chi connectivity index (χ0n) is 10.7. The van der Waals surface area contributed by atoms with Gasteiger partial charge in [-0.3, -0.25) is 4.79 Å². The van der Waals surface area contributed by atoms with E-state index in [1.807, 2.05) is 12.1 Å².